The van der Waals surface area contributed by atoms with Crippen molar-refractivity contribution in [1.82, 2.24) is 9.97 Å². The summed E-state index contributed by atoms with van der Waals surface area (Å²) >= 11 is 0. The van der Waals surface area contributed by atoms with Gasteiger partial charge in [0.15, 0.2) is 0 Å². The van der Waals surface area contributed by atoms with E-state index in [1.54, 1.807) is 0 Å². The summed E-state index contributed by atoms with van der Waals surface area (Å²) in [4.78, 5) is 45.2. The van der Waals surface area contributed by atoms with Crippen molar-refractivity contribution in [2.45, 2.75) is 77.4 Å². The molecule has 1 N–H and O–H groups in total. The zero-order valence-electron chi connectivity index (χ0n) is 26.8. The number of benzene rings is 2. The Bertz CT molecular complexity index is 1740. The van der Waals surface area contributed by atoms with E-state index < -0.39 is 17.1 Å². The lowest BCUT2D eigenvalue weighted by molar-refractivity contribution is -0.120. The molecule has 4 heterocycles. The number of aryl methyl sites for hydroxylation is 1. The molecule has 2 amide bonds. The Kier molecular flexibility index (Phi) is 6.96. The average molecular weight is 609 g/mol. The summed E-state index contributed by atoms with van der Waals surface area (Å²) < 4.78 is 11.2. The molecule has 1 spiro atoms. The van der Waals surface area contributed by atoms with Crippen LogP contribution >= 0.6 is 0 Å². The number of carbonyl (C=O) groups excluding carboxylic acids is 2. The lowest BCUT2D eigenvalue weighted by Crippen LogP contribution is -2.41. The molecule has 2 fully saturated rings. The molecule has 1 saturated heterocycles. The molecule has 1 aromatic heterocycles. The molecule has 3 aromatic rings. The summed E-state index contributed by atoms with van der Waals surface area (Å²) in [6.45, 7) is 15.1. The van der Waals surface area contributed by atoms with Crippen molar-refractivity contribution in [3.05, 3.63) is 76.1 Å². The SMILES string of the molecule is Cc1ccc2c(c1)[C@]1(C[C@H]1c1ccc3c(c1)CN=C3Nc1cc(N3CCOCC3)nc(C(C)C)n1)C(=O)N2C(=O)OC(C)(C)C. The van der Waals surface area contributed by atoms with Crippen LogP contribution in [0.1, 0.15) is 86.5 Å². The number of nitrogens with one attached hydrogen (secondary N) is 1. The zero-order valence-corrected chi connectivity index (χ0v) is 26.8. The van der Waals surface area contributed by atoms with E-state index in [0.29, 0.717) is 31.9 Å². The van der Waals surface area contributed by atoms with E-state index in [1.165, 1.54) is 4.90 Å². The molecule has 7 rings (SSSR count). The van der Waals surface area contributed by atoms with Gasteiger partial charge in [0.05, 0.1) is 30.9 Å². The molecule has 3 aliphatic heterocycles. The summed E-state index contributed by atoms with van der Waals surface area (Å²) in [5.41, 5.74) is 4.31. The zero-order chi connectivity index (χ0) is 31.7. The van der Waals surface area contributed by atoms with Crippen molar-refractivity contribution in [3.63, 3.8) is 0 Å². The van der Waals surface area contributed by atoms with Crippen molar-refractivity contribution in [2.24, 2.45) is 4.99 Å². The second-order valence-electron chi connectivity index (χ2n) is 13.8. The molecule has 2 atom stereocenters. The van der Waals surface area contributed by atoms with Gasteiger partial charge in [-0.3, -0.25) is 9.79 Å². The van der Waals surface area contributed by atoms with Crippen LogP contribution in [0.2, 0.25) is 0 Å². The standard InChI is InChI=1S/C35H40N6O4/c1-20(2)30-37-28(17-29(39-30)40-11-13-44-14-12-40)38-31-24-9-8-22(16-23(24)19-36-31)26-18-35(26)25-15-21(3)7-10-27(25)41(32(35)42)33(43)45-34(4,5)6/h7-10,15-17,20,26H,11-14,18-19H2,1-6H3,(H,36,37,38,39)/t26-,35-/m0/s1. The van der Waals surface area contributed by atoms with Crippen LogP contribution in [-0.4, -0.2) is 59.7 Å². The van der Waals surface area contributed by atoms with Crippen molar-refractivity contribution < 1.29 is 19.1 Å². The molecule has 234 valence electrons. The van der Waals surface area contributed by atoms with Gasteiger partial charge < -0.3 is 19.7 Å². The van der Waals surface area contributed by atoms with Gasteiger partial charge in [-0.25, -0.2) is 19.7 Å². The van der Waals surface area contributed by atoms with Gasteiger partial charge in [-0.05, 0) is 56.9 Å². The summed E-state index contributed by atoms with van der Waals surface area (Å²) in [5, 5.41) is 3.48. The van der Waals surface area contributed by atoms with Crippen LogP contribution in [0, 0.1) is 6.92 Å². The van der Waals surface area contributed by atoms with Crippen molar-refractivity contribution in [2.75, 3.05) is 41.4 Å². The smallest absolute Gasteiger partial charge is 0.421 e. The highest BCUT2D eigenvalue weighted by Crippen LogP contribution is 2.66. The molecule has 1 aliphatic carbocycles. The fraction of sp³-hybridized carbons (Fsp3) is 0.457. The number of anilines is 3. The average Bonchev–Trinajstić information content (AvgIpc) is 3.57. The van der Waals surface area contributed by atoms with Crippen LogP contribution in [0.3, 0.4) is 0 Å². The Morgan fingerprint density at radius 3 is 2.60 bits per heavy atom. The first-order valence-electron chi connectivity index (χ1n) is 15.8. The van der Waals surface area contributed by atoms with E-state index in [9.17, 15) is 9.59 Å². The van der Waals surface area contributed by atoms with E-state index in [4.69, 9.17) is 24.4 Å². The first-order valence-corrected chi connectivity index (χ1v) is 15.8. The van der Waals surface area contributed by atoms with Gasteiger partial charge in [-0.15, -0.1) is 0 Å². The largest absolute Gasteiger partial charge is 0.443 e. The normalized spacial score (nSPS) is 22.1. The molecule has 10 heteroatoms. The lowest BCUT2D eigenvalue weighted by atomic mass is 9.90. The molecule has 45 heavy (non-hydrogen) atoms. The van der Waals surface area contributed by atoms with Gasteiger partial charge in [0.2, 0.25) is 5.91 Å². The Morgan fingerprint density at radius 2 is 1.87 bits per heavy atom. The molecule has 2 aromatic carbocycles. The summed E-state index contributed by atoms with van der Waals surface area (Å²) in [5.74, 6) is 3.11. The van der Waals surface area contributed by atoms with Gasteiger partial charge >= 0.3 is 6.09 Å². The molecular formula is C35H40N6O4. The number of nitrogens with zero attached hydrogens (tertiary/aromatic N) is 5. The third-order valence-electron chi connectivity index (χ3n) is 9.02. The number of hydrogen-bond donors (Lipinski definition) is 1. The van der Waals surface area contributed by atoms with Crippen molar-refractivity contribution >= 4 is 35.2 Å². The highest BCUT2D eigenvalue weighted by molar-refractivity contribution is 6.23. The number of fused-ring (bicyclic) bond motifs is 3. The Balaban J connectivity index is 1.14. The number of rotatable bonds is 4. The fourth-order valence-corrected chi connectivity index (χ4v) is 6.71. The van der Waals surface area contributed by atoms with Crippen LogP contribution in [0.25, 0.3) is 0 Å². The van der Waals surface area contributed by atoms with E-state index in [2.05, 4.69) is 48.3 Å². The summed E-state index contributed by atoms with van der Waals surface area (Å²) in [6, 6.07) is 14.2. The number of morpholine rings is 1. The summed E-state index contributed by atoms with van der Waals surface area (Å²) in [7, 11) is 0. The lowest BCUT2D eigenvalue weighted by Gasteiger charge is -2.28. The fourth-order valence-electron chi connectivity index (χ4n) is 6.71. The number of imide groups is 1. The molecular weight excluding hydrogens is 568 g/mol. The van der Waals surface area contributed by atoms with Crippen LogP contribution in [0.5, 0.6) is 0 Å². The molecule has 0 bridgehead atoms. The highest BCUT2D eigenvalue weighted by atomic mass is 16.6. The maximum absolute atomic E-state index is 14.0. The maximum Gasteiger partial charge on any atom is 0.421 e. The van der Waals surface area contributed by atoms with E-state index in [0.717, 1.165) is 64.2 Å². The van der Waals surface area contributed by atoms with Crippen LogP contribution in [-0.2, 0) is 26.2 Å². The number of aliphatic imine (C=N–C) groups is 1. The van der Waals surface area contributed by atoms with Gasteiger partial charge in [0.25, 0.3) is 0 Å². The third kappa shape index (κ3) is 5.14. The minimum Gasteiger partial charge on any atom is -0.443 e. The van der Waals surface area contributed by atoms with Crippen LogP contribution < -0.4 is 15.1 Å². The number of ether oxygens (including phenoxy) is 2. The molecule has 0 unspecified atom stereocenters. The molecule has 10 nitrogen and oxygen atoms in total. The van der Waals surface area contributed by atoms with Crippen molar-refractivity contribution in [3.8, 4) is 0 Å². The Morgan fingerprint density at radius 1 is 1.09 bits per heavy atom. The number of hydrogen-bond acceptors (Lipinski definition) is 9. The van der Waals surface area contributed by atoms with Gasteiger partial charge in [-0.2, -0.15) is 0 Å². The van der Waals surface area contributed by atoms with Gasteiger partial charge in [0, 0.05) is 36.6 Å². The predicted octanol–water partition coefficient (Wildman–Crippen LogP) is 5.82. The van der Waals surface area contributed by atoms with Gasteiger partial charge in [0.1, 0.15) is 28.9 Å². The minimum absolute atomic E-state index is 0.0353. The quantitative estimate of drug-likeness (QED) is 0.395. The minimum atomic E-state index is -0.767. The molecule has 4 aliphatic rings. The summed E-state index contributed by atoms with van der Waals surface area (Å²) in [6.07, 6.45) is 0.0237. The predicted molar refractivity (Wildman–Crippen MR) is 173 cm³/mol. The second-order valence-corrected chi connectivity index (χ2v) is 13.8. The highest BCUT2D eigenvalue weighted by Gasteiger charge is 2.68. The molecule has 0 radical (unpaired) electrons. The van der Waals surface area contributed by atoms with E-state index >= 15 is 0 Å². The third-order valence-corrected chi connectivity index (χ3v) is 9.02. The Labute approximate surface area is 263 Å². The number of amides is 2. The van der Waals surface area contributed by atoms with Gasteiger partial charge in [-0.1, -0.05) is 49.7 Å². The topological polar surface area (TPSA) is 109 Å². The molecule has 1 saturated carbocycles. The monoisotopic (exact) mass is 608 g/mol. The number of amidine groups is 1. The number of aromatic nitrogens is 2. The van der Waals surface area contributed by atoms with E-state index in [1.807, 2.05) is 45.9 Å². The van der Waals surface area contributed by atoms with Crippen LogP contribution in [0.15, 0.2) is 47.5 Å². The van der Waals surface area contributed by atoms with Crippen LogP contribution in [0.4, 0.5) is 22.1 Å². The van der Waals surface area contributed by atoms with E-state index in [-0.39, 0.29) is 17.7 Å². The maximum atomic E-state index is 14.0. The first kappa shape index (κ1) is 29.4. The Hall–Kier alpha value is -4.31. The van der Waals surface area contributed by atoms with Crippen molar-refractivity contribution in [1.29, 1.82) is 0 Å². The number of carbonyl (C=O) groups is 2. The second kappa shape index (κ2) is 10.7. The first-order chi connectivity index (χ1) is 21.4.